The molecule has 0 bridgehead atoms. The predicted octanol–water partition coefficient (Wildman–Crippen LogP) is 1.13. The molecule has 0 fully saturated rings. The Morgan fingerprint density at radius 1 is 1.41 bits per heavy atom. The zero-order chi connectivity index (χ0) is 12.3. The second kappa shape index (κ2) is 4.47. The molecule has 2 atom stereocenters. The van der Waals surface area contributed by atoms with Crippen molar-refractivity contribution >= 4 is 0 Å². The average molecular weight is 232 g/mol. The monoisotopic (exact) mass is 232 g/mol. The number of allylic oxidation sites excluding steroid dienone is 2. The maximum atomic E-state index is 11.2. The van der Waals surface area contributed by atoms with Crippen LogP contribution in [0.25, 0.3) is 0 Å². The van der Waals surface area contributed by atoms with E-state index in [2.05, 4.69) is 4.98 Å². The van der Waals surface area contributed by atoms with Crippen molar-refractivity contribution < 1.29 is 10.0 Å². The quantitative estimate of drug-likeness (QED) is 0.626. The van der Waals surface area contributed by atoms with Gasteiger partial charge in [-0.3, -0.25) is 15.1 Å². The molecule has 0 aromatic carbocycles. The highest BCUT2D eigenvalue weighted by Gasteiger charge is 2.47. The Balaban J connectivity index is 2.33. The number of aromatic nitrogens is 1. The van der Waals surface area contributed by atoms with Gasteiger partial charge in [-0.1, -0.05) is 12.2 Å². The minimum absolute atomic E-state index is 0.143. The lowest BCUT2D eigenvalue weighted by Crippen LogP contribution is -2.49. The number of rotatable bonds is 3. The van der Waals surface area contributed by atoms with Crippen molar-refractivity contribution in [2.24, 2.45) is 0 Å². The van der Waals surface area contributed by atoms with Crippen LogP contribution in [0.5, 0.6) is 0 Å². The zero-order valence-electron chi connectivity index (χ0n) is 9.06. The van der Waals surface area contributed by atoms with Crippen molar-refractivity contribution in [3.63, 3.8) is 0 Å². The molecule has 0 radical (unpaired) electrons. The molecule has 17 heavy (non-hydrogen) atoms. The number of pyridine rings is 1. The molecule has 88 valence electrons. The van der Waals surface area contributed by atoms with Gasteiger partial charge >= 0.3 is 0 Å². The summed E-state index contributed by atoms with van der Waals surface area (Å²) in [4.78, 5) is 14.7. The van der Waals surface area contributed by atoms with Crippen molar-refractivity contribution in [3.05, 3.63) is 64.5 Å². The van der Waals surface area contributed by atoms with E-state index in [0.717, 1.165) is 5.56 Å². The molecule has 1 heterocycles. The third-order valence-electron chi connectivity index (χ3n) is 2.88. The standard InChI is InChI=1S/C12H12N2O3/c15-11-3-1-2-6-12(11,14(16)17)9-10-4-7-13-8-5-10/h1-8,11,15H,9H2. The Hall–Kier alpha value is -2.01. The van der Waals surface area contributed by atoms with E-state index in [1.165, 1.54) is 12.2 Å². The van der Waals surface area contributed by atoms with Crippen molar-refractivity contribution in [3.8, 4) is 0 Å². The van der Waals surface area contributed by atoms with E-state index in [0.29, 0.717) is 0 Å². The highest BCUT2D eigenvalue weighted by molar-refractivity contribution is 5.27. The smallest absolute Gasteiger partial charge is 0.273 e. The summed E-state index contributed by atoms with van der Waals surface area (Å²) in [7, 11) is 0. The van der Waals surface area contributed by atoms with E-state index in [4.69, 9.17) is 0 Å². The molecule has 0 saturated carbocycles. The van der Waals surface area contributed by atoms with Gasteiger partial charge in [0, 0.05) is 17.3 Å². The summed E-state index contributed by atoms with van der Waals surface area (Å²) < 4.78 is 0. The lowest BCUT2D eigenvalue weighted by atomic mass is 9.83. The average Bonchev–Trinajstić information content (AvgIpc) is 2.33. The first-order valence-electron chi connectivity index (χ1n) is 5.23. The fourth-order valence-corrected chi connectivity index (χ4v) is 1.88. The number of nitro groups is 1. The molecule has 5 heteroatoms. The molecule has 2 unspecified atom stereocenters. The Bertz CT molecular complexity index is 470. The molecule has 0 spiro atoms. The van der Waals surface area contributed by atoms with Crippen LogP contribution in [0.1, 0.15) is 5.56 Å². The van der Waals surface area contributed by atoms with Gasteiger partial charge in [-0.15, -0.1) is 0 Å². The number of nitrogens with zero attached hydrogens (tertiary/aromatic N) is 2. The maximum Gasteiger partial charge on any atom is 0.273 e. The third kappa shape index (κ3) is 2.09. The van der Waals surface area contributed by atoms with Crippen LogP contribution in [0.2, 0.25) is 0 Å². The van der Waals surface area contributed by atoms with Crippen LogP contribution >= 0.6 is 0 Å². The second-order valence-corrected chi connectivity index (χ2v) is 3.97. The van der Waals surface area contributed by atoms with Crippen molar-refractivity contribution in [1.82, 2.24) is 4.98 Å². The van der Waals surface area contributed by atoms with Crippen LogP contribution in [-0.4, -0.2) is 26.7 Å². The van der Waals surface area contributed by atoms with E-state index in [-0.39, 0.29) is 6.42 Å². The fraction of sp³-hybridized carbons (Fsp3) is 0.250. The molecule has 1 N–H and O–H groups in total. The number of hydrogen-bond acceptors (Lipinski definition) is 4. The van der Waals surface area contributed by atoms with E-state index in [1.54, 1.807) is 36.7 Å². The van der Waals surface area contributed by atoms with Gasteiger partial charge in [0.1, 0.15) is 6.10 Å². The molecule has 0 saturated heterocycles. The van der Waals surface area contributed by atoms with Crippen LogP contribution in [-0.2, 0) is 6.42 Å². The highest BCUT2D eigenvalue weighted by Crippen LogP contribution is 2.26. The summed E-state index contributed by atoms with van der Waals surface area (Å²) >= 11 is 0. The maximum absolute atomic E-state index is 11.2. The molecule has 1 aliphatic rings. The van der Waals surface area contributed by atoms with Crippen LogP contribution in [0.15, 0.2) is 48.8 Å². The summed E-state index contributed by atoms with van der Waals surface area (Å²) in [6.07, 6.45) is 8.27. The number of aliphatic hydroxyl groups excluding tert-OH is 1. The van der Waals surface area contributed by atoms with Gasteiger partial charge in [-0.05, 0) is 29.8 Å². The normalized spacial score (nSPS) is 27.0. The van der Waals surface area contributed by atoms with Crippen LogP contribution in [0, 0.1) is 10.1 Å². The minimum Gasteiger partial charge on any atom is -0.381 e. The Morgan fingerprint density at radius 3 is 2.71 bits per heavy atom. The molecule has 0 aliphatic heterocycles. The topological polar surface area (TPSA) is 76.3 Å². The molecule has 1 aliphatic carbocycles. The summed E-state index contributed by atoms with van der Waals surface area (Å²) in [5.74, 6) is 0. The van der Waals surface area contributed by atoms with E-state index in [9.17, 15) is 15.2 Å². The van der Waals surface area contributed by atoms with Gasteiger partial charge in [0.2, 0.25) is 0 Å². The second-order valence-electron chi connectivity index (χ2n) is 3.97. The zero-order valence-corrected chi connectivity index (χ0v) is 9.06. The van der Waals surface area contributed by atoms with Crippen molar-refractivity contribution in [2.45, 2.75) is 18.1 Å². The summed E-state index contributed by atoms with van der Waals surface area (Å²) in [6, 6.07) is 3.42. The molecule has 5 nitrogen and oxygen atoms in total. The lowest BCUT2D eigenvalue weighted by Gasteiger charge is -2.27. The Labute approximate surface area is 98.3 Å². The predicted molar refractivity (Wildman–Crippen MR) is 62.0 cm³/mol. The van der Waals surface area contributed by atoms with Crippen LogP contribution < -0.4 is 0 Å². The summed E-state index contributed by atoms with van der Waals surface area (Å²) in [5.41, 5.74) is -0.702. The van der Waals surface area contributed by atoms with Gasteiger partial charge in [0.05, 0.1) is 6.42 Å². The van der Waals surface area contributed by atoms with Gasteiger partial charge in [-0.25, -0.2) is 0 Å². The largest absolute Gasteiger partial charge is 0.381 e. The third-order valence-corrected chi connectivity index (χ3v) is 2.88. The van der Waals surface area contributed by atoms with Gasteiger partial charge in [0.15, 0.2) is 0 Å². The fourth-order valence-electron chi connectivity index (χ4n) is 1.88. The first-order valence-corrected chi connectivity index (χ1v) is 5.23. The number of aliphatic hydroxyl groups is 1. The number of hydrogen-bond donors (Lipinski definition) is 1. The first kappa shape index (κ1) is 11.5. The molecule has 1 aromatic heterocycles. The first-order chi connectivity index (χ1) is 8.15. The Kier molecular flexibility index (Phi) is 3.01. The SMILES string of the molecule is O=[N+]([O-])C1(Cc2ccncc2)C=CC=CC1O. The molecule has 0 amide bonds. The summed E-state index contributed by atoms with van der Waals surface area (Å²) in [5, 5.41) is 21.1. The molecule has 1 aromatic rings. The van der Waals surface area contributed by atoms with Crippen molar-refractivity contribution in [1.29, 1.82) is 0 Å². The van der Waals surface area contributed by atoms with Crippen LogP contribution in [0.4, 0.5) is 0 Å². The molecule has 2 rings (SSSR count). The van der Waals surface area contributed by atoms with Gasteiger partial charge < -0.3 is 5.11 Å². The Morgan fingerprint density at radius 2 is 2.12 bits per heavy atom. The highest BCUT2D eigenvalue weighted by atomic mass is 16.6. The summed E-state index contributed by atoms with van der Waals surface area (Å²) in [6.45, 7) is 0. The van der Waals surface area contributed by atoms with Gasteiger partial charge in [0.25, 0.3) is 5.54 Å². The van der Waals surface area contributed by atoms with E-state index in [1.807, 2.05) is 0 Å². The van der Waals surface area contributed by atoms with E-state index >= 15 is 0 Å². The lowest BCUT2D eigenvalue weighted by molar-refractivity contribution is -0.565. The molecular weight excluding hydrogens is 220 g/mol. The van der Waals surface area contributed by atoms with Crippen LogP contribution in [0.3, 0.4) is 0 Å². The molecular formula is C12H12N2O3. The van der Waals surface area contributed by atoms with Crippen molar-refractivity contribution in [2.75, 3.05) is 0 Å². The van der Waals surface area contributed by atoms with E-state index < -0.39 is 16.6 Å². The minimum atomic E-state index is -1.48. The van der Waals surface area contributed by atoms with Gasteiger partial charge in [-0.2, -0.15) is 0 Å².